The van der Waals surface area contributed by atoms with Gasteiger partial charge in [-0.15, -0.1) is 0 Å². The smallest absolute Gasteiger partial charge is 0.225 e. The lowest BCUT2D eigenvalue weighted by Crippen LogP contribution is -2.46. The molecule has 1 aromatic heterocycles. The number of carbonyl (C=O) groups excluding carboxylic acids is 1. The molecule has 7 nitrogen and oxygen atoms in total. The number of benzene rings is 1. The van der Waals surface area contributed by atoms with Gasteiger partial charge in [0.15, 0.2) is 0 Å². The normalized spacial score (nSPS) is 24.5. The number of anilines is 1. The lowest BCUT2D eigenvalue weighted by Gasteiger charge is -2.38. The van der Waals surface area contributed by atoms with E-state index in [0.717, 1.165) is 54.4 Å². The first-order valence-corrected chi connectivity index (χ1v) is 11.4. The van der Waals surface area contributed by atoms with Crippen molar-refractivity contribution in [3.05, 3.63) is 47.3 Å². The van der Waals surface area contributed by atoms with Crippen LogP contribution in [-0.2, 0) is 22.4 Å². The molecule has 0 unspecified atom stereocenters. The number of nitrogens with zero attached hydrogens (tertiary/aromatic N) is 3. The second-order valence-corrected chi connectivity index (χ2v) is 9.89. The van der Waals surface area contributed by atoms with Crippen molar-refractivity contribution in [3.63, 3.8) is 0 Å². The molecule has 1 aromatic carbocycles. The molecule has 4 rings (SSSR count). The first-order chi connectivity index (χ1) is 15.2. The van der Waals surface area contributed by atoms with Crippen LogP contribution in [0.25, 0.3) is 0 Å². The number of para-hydroxylation sites is 1. The van der Waals surface area contributed by atoms with Gasteiger partial charge in [-0.3, -0.25) is 4.79 Å². The Morgan fingerprint density at radius 3 is 2.69 bits per heavy atom. The van der Waals surface area contributed by atoms with Gasteiger partial charge in [-0.1, -0.05) is 32.0 Å². The Morgan fingerprint density at radius 2 is 1.97 bits per heavy atom. The van der Waals surface area contributed by atoms with Crippen molar-refractivity contribution in [1.82, 2.24) is 15.3 Å². The lowest BCUT2D eigenvalue weighted by atomic mass is 9.74. The van der Waals surface area contributed by atoms with Gasteiger partial charge >= 0.3 is 0 Å². The van der Waals surface area contributed by atoms with Crippen molar-refractivity contribution < 1.29 is 14.3 Å². The highest BCUT2D eigenvalue weighted by molar-refractivity contribution is 5.79. The van der Waals surface area contributed by atoms with Crippen LogP contribution in [0.3, 0.4) is 0 Å². The van der Waals surface area contributed by atoms with Crippen LogP contribution >= 0.6 is 0 Å². The summed E-state index contributed by atoms with van der Waals surface area (Å²) < 4.78 is 11.3. The number of amides is 1. The zero-order chi connectivity index (χ0) is 22.9. The summed E-state index contributed by atoms with van der Waals surface area (Å²) in [5.41, 5.74) is 2.97. The first kappa shape index (κ1) is 22.5. The third-order valence-corrected chi connectivity index (χ3v) is 6.25. The van der Waals surface area contributed by atoms with Crippen LogP contribution < -0.4 is 15.0 Å². The molecule has 1 N–H and O–H groups in total. The van der Waals surface area contributed by atoms with Crippen molar-refractivity contribution in [2.45, 2.75) is 65.2 Å². The highest BCUT2D eigenvalue weighted by Gasteiger charge is 2.35. The van der Waals surface area contributed by atoms with E-state index in [1.807, 2.05) is 30.5 Å². The lowest BCUT2D eigenvalue weighted by molar-refractivity contribution is -0.121. The van der Waals surface area contributed by atoms with Gasteiger partial charge in [0.2, 0.25) is 11.9 Å². The van der Waals surface area contributed by atoms with Crippen molar-refractivity contribution in [2.75, 3.05) is 25.1 Å². The highest BCUT2D eigenvalue weighted by atomic mass is 16.5. The molecule has 0 radical (unpaired) electrons. The van der Waals surface area contributed by atoms with Crippen LogP contribution in [0.1, 0.15) is 57.0 Å². The summed E-state index contributed by atoms with van der Waals surface area (Å²) in [5, 5.41) is 3.24. The third-order valence-electron chi connectivity index (χ3n) is 6.25. The van der Waals surface area contributed by atoms with Gasteiger partial charge in [-0.25, -0.2) is 9.97 Å². The molecule has 1 saturated heterocycles. The van der Waals surface area contributed by atoms with Crippen molar-refractivity contribution in [1.29, 1.82) is 0 Å². The Balaban J connectivity index is 1.54. The zero-order valence-corrected chi connectivity index (χ0v) is 19.7. The fourth-order valence-electron chi connectivity index (χ4n) is 4.93. The molecular weight excluding hydrogens is 404 g/mol. The van der Waals surface area contributed by atoms with Crippen LogP contribution in [0.5, 0.6) is 5.75 Å². The minimum absolute atomic E-state index is 0.0249. The van der Waals surface area contributed by atoms with E-state index < -0.39 is 0 Å². The predicted octanol–water partition coefficient (Wildman–Crippen LogP) is 3.47. The Hall–Kier alpha value is -2.67. The molecule has 0 bridgehead atoms. The molecule has 1 fully saturated rings. The molecule has 2 aliphatic rings. The Morgan fingerprint density at radius 1 is 1.25 bits per heavy atom. The zero-order valence-electron chi connectivity index (χ0n) is 19.7. The van der Waals surface area contributed by atoms with Crippen LogP contribution in [-0.4, -0.2) is 48.3 Å². The van der Waals surface area contributed by atoms with E-state index in [0.29, 0.717) is 0 Å². The number of aromatic nitrogens is 2. The summed E-state index contributed by atoms with van der Waals surface area (Å²) in [4.78, 5) is 24.8. The molecule has 7 heteroatoms. The average Bonchev–Trinajstić information content (AvgIpc) is 2.72. The van der Waals surface area contributed by atoms with Crippen LogP contribution in [0.15, 0.2) is 30.5 Å². The molecule has 172 valence electrons. The predicted molar refractivity (Wildman–Crippen MR) is 124 cm³/mol. The summed E-state index contributed by atoms with van der Waals surface area (Å²) in [5.74, 6) is 1.46. The van der Waals surface area contributed by atoms with Crippen LogP contribution in [0, 0.1) is 5.41 Å². The Labute approximate surface area is 190 Å². The molecule has 1 amide bonds. The fraction of sp³-hybridized carbons (Fsp3) is 0.560. The van der Waals surface area contributed by atoms with Gasteiger partial charge in [-0.2, -0.15) is 0 Å². The minimum atomic E-state index is -0.104. The summed E-state index contributed by atoms with van der Waals surface area (Å²) in [6.07, 6.45) is 4.21. The number of ether oxygens (including phenoxy) is 2. The van der Waals surface area contributed by atoms with Gasteiger partial charge in [0.1, 0.15) is 5.75 Å². The number of rotatable bonds is 5. The standard InChI is InChI=1S/C25H34N4O3/c1-16-14-29(15-17(2)32-16)24-26-13-19-20(11-25(3,4)12-21(19)28-24)27-23(30)10-18-8-6-7-9-22(18)31-5/h6-9,13,16-17,20H,10-12,14-15H2,1-5H3,(H,27,30)/t16-,17+,20-/m1/s1. The molecule has 3 atom stereocenters. The Bertz CT molecular complexity index is 967. The summed E-state index contributed by atoms with van der Waals surface area (Å²) in [6.45, 7) is 10.2. The molecule has 0 saturated carbocycles. The number of hydrogen-bond donors (Lipinski definition) is 1. The number of fused-ring (bicyclic) bond motifs is 1. The van der Waals surface area contributed by atoms with Gasteiger partial charge in [0, 0.05) is 30.4 Å². The first-order valence-electron chi connectivity index (χ1n) is 11.4. The van der Waals surface area contributed by atoms with Gasteiger partial charge in [-0.05, 0) is 38.2 Å². The van der Waals surface area contributed by atoms with Gasteiger partial charge in [0.05, 0.1) is 37.5 Å². The summed E-state index contributed by atoms with van der Waals surface area (Å²) in [6, 6.07) is 7.53. The van der Waals surface area contributed by atoms with Crippen molar-refractivity contribution >= 4 is 11.9 Å². The molecule has 2 heterocycles. The molecular formula is C25H34N4O3. The average molecular weight is 439 g/mol. The number of morpholine rings is 1. The number of hydrogen-bond acceptors (Lipinski definition) is 6. The van der Waals surface area contributed by atoms with E-state index in [1.54, 1.807) is 7.11 Å². The van der Waals surface area contributed by atoms with Crippen LogP contribution in [0.2, 0.25) is 0 Å². The molecule has 32 heavy (non-hydrogen) atoms. The third kappa shape index (κ3) is 5.04. The maximum absolute atomic E-state index is 12.9. The monoisotopic (exact) mass is 438 g/mol. The van der Waals surface area contributed by atoms with E-state index in [1.165, 1.54) is 0 Å². The fourth-order valence-corrected chi connectivity index (χ4v) is 4.93. The molecule has 1 aliphatic carbocycles. The molecule has 2 aromatic rings. The van der Waals surface area contributed by atoms with E-state index in [-0.39, 0.29) is 36.0 Å². The Kier molecular flexibility index (Phi) is 6.38. The van der Waals surface area contributed by atoms with E-state index in [9.17, 15) is 4.79 Å². The number of methoxy groups -OCH3 is 1. The second-order valence-electron chi connectivity index (χ2n) is 9.89. The summed E-state index contributed by atoms with van der Waals surface area (Å²) >= 11 is 0. The molecule has 1 aliphatic heterocycles. The van der Waals surface area contributed by atoms with Crippen molar-refractivity contribution in [3.8, 4) is 5.75 Å². The largest absolute Gasteiger partial charge is 0.496 e. The minimum Gasteiger partial charge on any atom is -0.496 e. The molecule has 0 spiro atoms. The summed E-state index contributed by atoms with van der Waals surface area (Å²) in [7, 11) is 1.63. The van der Waals surface area contributed by atoms with E-state index in [4.69, 9.17) is 14.5 Å². The maximum atomic E-state index is 12.9. The SMILES string of the molecule is COc1ccccc1CC(=O)N[C@@H]1CC(C)(C)Cc2nc(N3C[C@@H](C)O[C@@H](C)C3)ncc21. The van der Waals surface area contributed by atoms with Gasteiger partial charge in [0.25, 0.3) is 0 Å². The van der Waals surface area contributed by atoms with E-state index in [2.05, 4.69) is 42.9 Å². The number of carbonyl (C=O) groups is 1. The van der Waals surface area contributed by atoms with Crippen LogP contribution in [0.4, 0.5) is 5.95 Å². The quantitative estimate of drug-likeness (QED) is 0.770. The van der Waals surface area contributed by atoms with Gasteiger partial charge < -0.3 is 19.7 Å². The second kappa shape index (κ2) is 9.06. The highest BCUT2D eigenvalue weighted by Crippen LogP contribution is 2.40. The van der Waals surface area contributed by atoms with Crippen molar-refractivity contribution in [2.24, 2.45) is 5.41 Å². The topological polar surface area (TPSA) is 76.6 Å². The maximum Gasteiger partial charge on any atom is 0.225 e. The van der Waals surface area contributed by atoms with E-state index >= 15 is 0 Å². The number of nitrogens with one attached hydrogen (secondary N) is 1.